The van der Waals surface area contributed by atoms with Crippen molar-refractivity contribution in [1.82, 2.24) is 9.88 Å². The Balaban J connectivity index is 1.35. The zero-order valence-corrected chi connectivity index (χ0v) is 16.0. The quantitative estimate of drug-likeness (QED) is 0.610. The van der Waals surface area contributed by atoms with Crippen molar-refractivity contribution in [2.45, 2.75) is 13.2 Å². The Bertz CT molecular complexity index is 939. The number of imide groups is 1. The third-order valence-corrected chi connectivity index (χ3v) is 5.77. The minimum absolute atomic E-state index is 0.136. The van der Waals surface area contributed by atoms with E-state index in [1.54, 1.807) is 11.3 Å². The molecule has 1 aliphatic rings. The van der Waals surface area contributed by atoms with Crippen molar-refractivity contribution in [1.29, 1.82) is 0 Å². The minimum Gasteiger partial charge on any atom is -0.486 e. The molecule has 136 valence electrons. The molecule has 0 bridgehead atoms. The molecule has 0 unspecified atom stereocenters. The Labute approximate surface area is 165 Å². The molecule has 0 spiro atoms. The maximum absolute atomic E-state index is 11.7. The van der Waals surface area contributed by atoms with Gasteiger partial charge in [0.1, 0.15) is 17.4 Å². The highest BCUT2D eigenvalue weighted by Crippen LogP contribution is 2.24. The SMILES string of the molecule is O=C1CSC(=O)N1Cc1ccc(OCc2nc(-c3ccccc3)cs2)cc1. The van der Waals surface area contributed by atoms with Crippen LogP contribution in [0.15, 0.2) is 60.0 Å². The van der Waals surface area contributed by atoms with Crippen molar-refractivity contribution in [3.8, 4) is 17.0 Å². The summed E-state index contributed by atoms with van der Waals surface area (Å²) < 4.78 is 5.80. The zero-order valence-electron chi connectivity index (χ0n) is 14.3. The summed E-state index contributed by atoms with van der Waals surface area (Å²) in [6, 6.07) is 17.5. The molecule has 1 aliphatic heterocycles. The van der Waals surface area contributed by atoms with Crippen LogP contribution in [0.5, 0.6) is 5.75 Å². The standard InChI is InChI=1S/C20H16N2O3S2/c23-19-13-27-20(24)22(19)10-14-6-8-16(9-7-14)25-11-18-21-17(12-26-18)15-4-2-1-3-5-15/h1-9,12H,10-11,13H2. The maximum Gasteiger partial charge on any atom is 0.289 e. The van der Waals surface area contributed by atoms with Gasteiger partial charge in [-0.05, 0) is 17.7 Å². The summed E-state index contributed by atoms with van der Waals surface area (Å²) in [5.41, 5.74) is 2.94. The molecule has 2 heterocycles. The molecule has 4 rings (SSSR count). The van der Waals surface area contributed by atoms with Crippen LogP contribution >= 0.6 is 23.1 Å². The largest absolute Gasteiger partial charge is 0.486 e. The number of aromatic nitrogens is 1. The van der Waals surface area contributed by atoms with Gasteiger partial charge >= 0.3 is 0 Å². The van der Waals surface area contributed by atoms with Gasteiger partial charge < -0.3 is 4.74 Å². The first-order valence-electron chi connectivity index (χ1n) is 8.38. The molecule has 5 nitrogen and oxygen atoms in total. The Kier molecular flexibility index (Phi) is 5.22. The average molecular weight is 396 g/mol. The van der Waals surface area contributed by atoms with Crippen LogP contribution in [-0.2, 0) is 17.9 Å². The summed E-state index contributed by atoms with van der Waals surface area (Å²) in [4.78, 5) is 29.2. The molecule has 2 aromatic carbocycles. The molecule has 1 saturated heterocycles. The lowest BCUT2D eigenvalue weighted by Gasteiger charge is -2.13. The van der Waals surface area contributed by atoms with Crippen molar-refractivity contribution in [2.24, 2.45) is 0 Å². The van der Waals surface area contributed by atoms with Gasteiger partial charge in [0.25, 0.3) is 5.24 Å². The van der Waals surface area contributed by atoms with E-state index < -0.39 is 0 Å². The van der Waals surface area contributed by atoms with Gasteiger partial charge in [-0.1, -0.05) is 54.2 Å². The van der Waals surface area contributed by atoms with Gasteiger partial charge in [0.2, 0.25) is 5.91 Å². The second-order valence-corrected chi connectivity index (χ2v) is 7.83. The molecule has 27 heavy (non-hydrogen) atoms. The summed E-state index contributed by atoms with van der Waals surface area (Å²) in [6.07, 6.45) is 0. The van der Waals surface area contributed by atoms with E-state index in [1.807, 2.05) is 60.0 Å². The topological polar surface area (TPSA) is 59.5 Å². The second-order valence-electron chi connectivity index (χ2n) is 5.96. The number of thiazole rings is 1. The first-order valence-corrected chi connectivity index (χ1v) is 10.2. The van der Waals surface area contributed by atoms with Gasteiger partial charge in [-0.15, -0.1) is 11.3 Å². The zero-order chi connectivity index (χ0) is 18.6. The van der Waals surface area contributed by atoms with Crippen molar-refractivity contribution < 1.29 is 14.3 Å². The van der Waals surface area contributed by atoms with Crippen molar-refractivity contribution in [3.05, 3.63) is 70.5 Å². The minimum atomic E-state index is -0.182. The fraction of sp³-hybridized carbons (Fsp3) is 0.150. The van der Waals surface area contributed by atoms with Crippen LogP contribution in [0.25, 0.3) is 11.3 Å². The third-order valence-electron chi connectivity index (χ3n) is 4.09. The van der Waals surface area contributed by atoms with E-state index in [4.69, 9.17) is 4.74 Å². The highest BCUT2D eigenvalue weighted by atomic mass is 32.2. The number of hydrogen-bond donors (Lipinski definition) is 0. The predicted octanol–water partition coefficient (Wildman–Crippen LogP) is 4.58. The van der Waals surface area contributed by atoms with Crippen LogP contribution in [0.3, 0.4) is 0 Å². The van der Waals surface area contributed by atoms with Crippen LogP contribution in [0.4, 0.5) is 4.79 Å². The van der Waals surface area contributed by atoms with E-state index >= 15 is 0 Å². The summed E-state index contributed by atoms with van der Waals surface area (Å²) in [5, 5.41) is 2.75. The molecular formula is C20H16N2O3S2. The van der Waals surface area contributed by atoms with E-state index in [0.717, 1.165) is 39.3 Å². The normalized spacial score (nSPS) is 14.0. The molecule has 3 aromatic rings. The molecule has 1 fully saturated rings. The van der Waals surface area contributed by atoms with E-state index in [1.165, 1.54) is 4.90 Å². The summed E-state index contributed by atoms with van der Waals surface area (Å²) in [7, 11) is 0. The number of rotatable bonds is 6. The molecule has 0 N–H and O–H groups in total. The van der Waals surface area contributed by atoms with Crippen LogP contribution in [0.2, 0.25) is 0 Å². The molecule has 1 aromatic heterocycles. The van der Waals surface area contributed by atoms with Crippen molar-refractivity contribution in [3.63, 3.8) is 0 Å². The predicted molar refractivity (Wildman–Crippen MR) is 107 cm³/mol. The molecule has 7 heteroatoms. The molecule has 2 amide bonds. The Morgan fingerprint density at radius 1 is 1.04 bits per heavy atom. The van der Waals surface area contributed by atoms with Crippen LogP contribution in [0, 0.1) is 0 Å². The molecule has 0 atom stereocenters. The highest BCUT2D eigenvalue weighted by Gasteiger charge is 2.29. The number of nitrogens with zero attached hydrogens (tertiary/aromatic N) is 2. The van der Waals surface area contributed by atoms with E-state index in [0.29, 0.717) is 13.2 Å². The van der Waals surface area contributed by atoms with Crippen molar-refractivity contribution in [2.75, 3.05) is 5.75 Å². The molecule has 0 radical (unpaired) electrons. The van der Waals surface area contributed by atoms with E-state index in [9.17, 15) is 9.59 Å². The lowest BCUT2D eigenvalue weighted by molar-refractivity contribution is -0.125. The second kappa shape index (κ2) is 7.94. The van der Waals surface area contributed by atoms with Crippen LogP contribution in [-0.4, -0.2) is 26.8 Å². The highest BCUT2D eigenvalue weighted by molar-refractivity contribution is 8.14. The van der Waals surface area contributed by atoms with E-state index in [2.05, 4.69) is 4.98 Å². The Morgan fingerprint density at radius 2 is 1.81 bits per heavy atom. The van der Waals surface area contributed by atoms with Gasteiger partial charge in [0.05, 0.1) is 18.0 Å². The average Bonchev–Trinajstić information content (AvgIpc) is 3.30. The number of benzene rings is 2. The van der Waals surface area contributed by atoms with Gasteiger partial charge in [0.15, 0.2) is 0 Å². The first kappa shape index (κ1) is 17.8. The van der Waals surface area contributed by atoms with Crippen molar-refractivity contribution >= 4 is 34.2 Å². The smallest absolute Gasteiger partial charge is 0.289 e. The number of amides is 2. The number of hydrogen-bond acceptors (Lipinski definition) is 6. The molecule has 0 saturated carbocycles. The number of carbonyl (C=O) groups is 2. The summed E-state index contributed by atoms with van der Waals surface area (Å²) in [6.45, 7) is 0.703. The monoisotopic (exact) mass is 396 g/mol. The van der Waals surface area contributed by atoms with Gasteiger partial charge in [0, 0.05) is 10.9 Å². The molecular weight excluding hydrogens is 380 g/mol. The van der Waals surface area contributed by atoms with Gasteiger partial charge in [-0.3, -0.25) is 14.5 Å². The number of ether oxygens (including phenoxy) is 1. The molecule has 0 aliphatic carbocycles. The lowest BCUT2D eigenvalue weighted by Crippen LogP contribution is -2.27. The Hall–Kier alpha value is -2.64. The Morgan fingerprint density at radius 3 is 2.52 bits per heavy atom. The summed E-state index contributed by atoms with van der Waals surface area (Å²) >= 11 is 2.62. The summed E-state index contributed by atoms with van der Waals surface area (Å²) in [5.74, 6) is 0.825. The fourth-order valence-electron chi connectivity index (χ4n) is 2.67. The number of thioether (sulfide) groups is 1. The van der Waals surface area contributed by atoms with E-state index in [-0.39, 0.29) is 16.9 Å². The van der Waals surface area contributed by atoms with Crippen LogP contribution in [0.1, 0.15) is 10.6 Å². The van der Waals surface area contributed by atoms with Gasteiger partial charge in [-0.25, -0.2) is 4.98 Å². The maximum atomic E-state index is 11.7. The van der Waals surface area contributed by atoms with Gasteiger partial charge in [-0.2, -0.15) is 0 Å². The third kappa shape index (κ3) is 4.20. The fourth-order valence-corrected chi connectivity index (χ4v) is 4.11. The lowest BCUT2D eigenvalue weighted by atomic mass is 10.2. The number of carbonyl (C=O) groups excluding carboxylic acids is 2. The van der Waals surface area contributed by atoms with Crippen LogP contribution < -0.4 is 4.74 Å². The first-order chi connectivity index (χ1) is 13.2.